The molecule has 3 aromatic heterocycles. The van der Waals surface area contributed by atoms with Crippen LogP contribution in [0.3, 0.4) is 0 Å². The van der Waals surface area contributed by atoms with Crippen molar-refractivity contribution >= 4 is 17.6 Å². The Bertz CT molecular complexity index is 802. The van der Waals surface area contributed by atoms with Crippen molar-refractivity contribution in [3.63, 3.8) is 0 Å². The molecule has 0 amide bonds. The van der Waals surface area contributed by atoms with Crippen molar-refractivity contribution in [2.24, 2.45) is 0 Å². The molecule has 0 saturated carbocycles. The molecule has 0 radical (unpaired) electrons. The van der Waals surface area contributed by atoms with Gasteiger partial charge < -0.3 is 14.7 Å². The van der Waals surface area contributed by atoms with E-state index in [-0.39, 0.29) is 0 Å². The van der Waals surface area contributed by atoms with Crippen LogP contribution < -0.4 is 10.2 Å². The number of rotatable bonds is 6. The summed E-state index contributed by atoms with van der Waals surface area (Å²) in [7, 11) is 2.02. The van der Waals surface area contributed by atoms with Gasteiger partial charge in [-0.1, -0.05) is 5.16 Å². The predicted octanol–water partition coefficient (Wildman–Crippen LogP) is 2.90. The molecule has 0 bridgehead atoms. The van der Waals surface area contributed by atoms with Crippen LogP contribution in [-0.4, -0.2) is 33.7 Å². The van der Waals surface area contributed by atoms with E-state index in [0.717, 1.165) is 30.2 Å². The Balaban J connectivity index is 1.70. The molecule has 0 aromatic carbocycles. The first-order valence-electron chi connectivity index (χ1n) is 7.76. The lowest BCUT2D eigenvalue weighted by Gasteiger charge is -2.19. The zero-order valence-corrected chi connectivity index (χ0v) is 14.0. The van der Waals surface area contributed by atoms with E-state index in [4.69, 9.17) is 4.52 Å². The highest BCUT2D eigenvalue weighted by Crippen LogP contribution is 2.17. The molecule has 0 atom stereocenters. The standard InChI is InChI=1S/C17H20N6O/c1-12-10-16(23(3)9-6-14-4-7-18-8-5-14)21-17(19-12)20-15-11-13(2)24-22-15/h4-5,7-8,10-11H,6,9H2,1-3H3,(H,19,20,21,22). The molecule has 124 valence electrons. The molecule has 0 aliphatic carbocycles. The zero-order valence-electron chi connectivity index (χ0n) is 14.0. The van der Waals surface area contributed by atoms with E-state index in [1.54, 1.807) is 6.07 Å². The number of nitrogens with one attached hydrogen (secondary N) is 1. The number of hydrogen-bond acceptors (Lipinski definition) is 7. The van der Waals surface area contributed by atoms with Gasteiger partial charge in [-0.3, -0.25) is 4.98 Å². The summed E-state index contributed by atoms with van der Waals surface area (Å²) in [6.07, 6.45) is 4.55. The van der Waals surface area contributed by atoms with E-state index in [0.29, 0.717) is 11.8 Å². The van der Waals surface area contributed by atoms with Crippen LogP contribution in [0, 0.1) is 13.8 Å². The molecule has 24 heavy (non-hydrogen) atoms. The van der Waals surface area contributed by atoms with Gasteiger partial charge in [-0.2, -0.15) is 4.98 Å². The first-order valence-corrected chi connectivity index (χ1v) is 7.76. The van der Waals surface area contributed by atoms with Crippen LogP contribution in [0.1, 0.15) is 17.0 Å². The molecular weight excluding hydrogens is 304 g/mol. The third-order valence-electron chi connectivity index (χ3n) is 3.58. The molecule has 0 aliphatic heterocycles. The Kier molecular flexibility index (Phi) is 4.69. The number of aromatic nitrogens is 4. The van der Waals surface area contributed by atoms with Crippen LogP contribution in [0.15, 0.2) is 41.2 Å². The second kappa shape index (κ2) is 7.08. The maximum atomic E-state index is 5.05. The Morgan fingerprint density at radius 1 is 1.12 bits per heavy atom. The van der Waals surface area contributed by atoms with Gasteiger partial charge in [0, 0.05) is 43.8 Å². The van der Waals surface area contributed by atoms with E-state index in [1.807, 2.05) is 51.5 Å². The summed E-state index contributed by atoms with van der Waals surface area (Å²) >= 11 is 0. The van der Waals surface area contributed by atoms with Crippen LogP contribution in [0.5, 0.6) is 0 Å². The third kappa shape index (κ3) is 4.07. The third-order valence-corrected chi connectivity index (χ3v) is 3.58. The molecule has 3 heterocycles. The van der Waals surface area contributed by atoms with Gasteiger partial charge in [0.25, 0.3) is 0 Å². The minimum atomic E-state index is 0.508. The van der Waals surface area contributed by atoms with Crippen LogP contribution in [0.4, 0.5) is 17.6 Å². The smallest absolute Gasteiger partial charge is 0.230 e. The van der Waals surface area contributed by atoms with Gasteiger partial charge in [0.15, 0.2) is 5.82 Å². The first kappa shape index (κ1) is 15.9. The van der Waals surface area contributed by atoms with Crippen molar-refractivity contribution in [1.29, 1.82) is 0 Å². The van der Waals surface area contributed by atoms with Crippen LogP contribution >= 0.6 is 0 Å². The van der Waals surface area contributed by atoms with E-state index >= 15 is 0 Å². The molecule has 0 saturated heterocycles. The summed E-state index contributed by atoms with van der Waals surface area (Å²) in [6.45, 7) is 4.64. The minimum Gasteiger partial charge on any atom is -0.360 e. The van der Waals surface area contributed by atoms with E-state index in [9.17, 15) is 0 Å². The summed E-state index contributed by atoms with van der Waals surface area (Å²) in [5.74, 6) is 2.71. The second-order valence-electron chi connectivity index (χ2n) is 5.67. The van der Waals surface area contributed by atoms with E-state index < -0.39 is 0 Å². The van der Waals surface area contributed by atoms with Gasteiger partial charge in [-0.15, -0.1) is 0 Å². The molecule has 0 aliphatic rings. The highest BCUT2D eigenvalue weighted by atomic mass is 16.5. The predicted molar refractivity (Wildman–Crippen MR) is 92.5 cm³/mol. The van der Waals surface area contributed by atoms with Crippen LogP contribution in [0.25, 0.3) is 0 Å². The van der Waals surface area contributed by atoms with Crippen molar-refractivity contribution in [3.8, 4) is 0 Å². The Labute approximate surface area is 140 Å². The maximum Gasteiger partial charge on any atom is 0.230 e. The van der Waals surface area contributed by atoms with Crippen molar-refractivity contribution in [2.45, 2.75) is 20.3 Å². The molecule has 0 spiro atoms. The zero-order chi connectivity index (χ0) is 16.9. The van der Waals surface area contributed by atoms with Crippen LogP contribution in [0.2, 0.25) is 0 Å². The topological polar surface area (TPSA) is 80.0 Å². The fourth-order valence-corrected chi connectivity index (χ4v) is 2.30. The molecule has 7 nitrogen and oxygen atoms in total. The summed E-state index contributed by atoms with van der Waals surface area (Å²) in [6, 6.07) is 7.82. The number of pyridine rings is 1. The fraction of sp³-hybridized carbons (Fsp3) is 0.294. The minimum absolute atomic E-state index is 0.508. The largest absolute Gasteiger partial charge is 0.360 e. The summed E-state index contributed by atoms with van der Waals surface area (Å²) in [4.78, 5) is 15.1. The molecule has 3 rings (SSSR count). The average Bonchev–Trinajstić information content (AvgIpc) is 2.98. The summed E-state index contributed by atoms with van der Waals surface area (Å²) in [5.41, 5.74) is 2.14. The molecule has 1 N–H and O–H groups in total. The van der Waals surface area contributed by atoms with E-state index in [1.165, 1.54) is 5.56 Å². The number of anilines is 3. The van der Waals surface area contributed by atoms with Gasteiger partial charge in [-0.05, 0) is 38.0 Å². The Hall–Kier alpha value is -2.96. The highest BCUT2D eigenvalue weighted by Gasteiger charge is 2.09. The maximum absolute atomic E-state index is 5.05. The van der Waals surface area contributed by atoms with Crippen molar-refractivity contribution < 1.29 is 4.52 Å². The lowest BCUT2D eigenvalue weighted by Crippen LogP contribution is -2.22. The lowest BCUT2D eigenvalue weighted by molar-refractivity contribution is 0.400. The van der Waals surface area contributed by atoms with Crippen molar-refractivity contribution in [1.82, 2.24) is 20.1 Å². The lowest BCUT2D eigenvalue weighted by atomic mass is 10.2. The quantitative estimate of drug-likeness (QED) is 0.746. The molecule has 0 unspecified atom stereocenters. The highest BCUT2D eigenvalue weighted by molar-refractivity contribution is 5.51. The normalized spacial score (nSPS) is 10.6. The first-order chi connectivity index (χ1) is 11.6. The monoisotopic (exact) mass is 324 g/mol. The number of nitrogens with zero attached hydrogens (tertiary/aromatic N) is 5. The van der Waals surface area contributed by atoms with Gasteiger partial charge in [-0.25, -0.2) is 4.98 Å². The summed E-state index contributed by atoms with van der Waals surface area (Å²) < 4.78 is 5.05. The fourth-order valence-electron chi connectivity index (χ4n) is 2.30. The van der Waals surface area contributed by atoms with Gasteiger partial charge in [0.1, 0.15) is 11.6 Å². The summed E-state index contributed by atoms with van der Waals surface area (Å²) in [5, 5.41) is 6.98. The molecule has 7 heteroatoms. The molecule has 0 fully saturated rings. The van der Waals surface area contributed by atoms with Crippen molar-refractivity contribution in [2.75, 3.05) is 23.8 Å². The Morgan fingerprint density at radius 2 is 1.92 bits per heavy atom. The number of aryl methyl sites for hydroxylation is 2. The van der Waals surface area contributed by atoms with E-state index in [2.05, 4.69) is 30.3 Å². The van der Waals surface area contributed by atoms with Crippen molar-refractivity contribution in [3.05, 3.63) is 53.7 Å². The molecule has 3 aromatic rings. The Morgan fingerprint density at radius 3 is 2.62 bits per heavy atom. The van der Waals surface area contributed by atoms with Gasteiger partial charge in [0.2, 0.25) is 5.95 Å². The second-order valence-corrected chi connectivity index (χ2v) is 5.67. The van der Waals surface area contributed by atoms with Crippen LogP contribution in [-0.2, 0) is 6.42 Å². The molecular formula is C17H20N6O. The van der Waals surface area contributed by atoms with Gasteiger partial charge in [0.05, 0.1) is 0 Å². The number of likely N-dealkylation sites (N-methyl/N-ethyl adjacent to an activating group) is 1. The number of hydrogen-bond donors (Lipinski definition) is 1. The average molecular weight is 324 g/mol. The SMILES string of the molecule is Cc1cc(N(C)CCc2ccncc2)nc(Nc2cc(C)on2)n1. The van der Waals surface area contributed by atoms with Gasteiger partial charge >= 0.3 is 0 Å².